The summed E-state index contributed by atoms with van der Waals surface area (Å²) in [5.41, 5.74) is 1.00. The molecule has 86 valence electrons. The van der Waals surface area contributed by atoms with Crippen LogP contribution in [0.1, 0.15) is 5.56 Å². The van der Waals surface area contributed by atoms with Crippen molar-refractivity contribution in [3.05, 3.63) is 27.2 Å². The zero-order valence-corrected chi connectivity index (χ0v) is 11.4. The van der Waals surface area contributed by atoms with Crippen LogP contribution >= 0.6 is 27.5 Å². The van der Waals surface area contributed by atoms with Crippen molar-refractivity contribution in [2.24, 2.45) is 0 Å². The molecule has 0 heterocycles. The summed E-state index contributed by atoms with van der Waals surface area (Å²) < 4.78 is 24.9. The highest BCUT2D eigenvalue weighted by molar-refractivity contribution is 9.10. The fourth-order valence-electron chi connectivity index (χ4n) is 1.09. The monoisotopic (exact) mass is 322 g/mol. The molecule has 1 N–H and O–H groups in total. The first-order valence-corrected chi connectivity index (χ1v) is 7.23. The molecule has 0 spiro atoms. The molecule has 0 aromatic heterocycles. The van der Waals surface area contributed by atoms with Gasteiger partial charge in [-0.15, -0.1) is 0 Å². The lowest BCUT2D eigenvalue weighted by atomic mass is 10.1. The van der Waals surface area contributed by atoms with Gasteiger partial charge in [-0.05, 0) is 27.6 Å². The van der Waals surface area contributed by atoms with Crippen LogP contribution in [0.5, 0.6) is 0 Å². The molecule has 1 aromatic carbocycles. The number of nitriles is 1. The van der Waals surface area contributed by atoms with Gasteiger partial charge in [0.15, 0.2) is 0 Å². The molecule has 0 fully saturated rings. The van der Waals surface area contributed by atoms with Crippen molar-refractivity contribution >= 4 is 43.2 Å². The van der Waals surface area contributed by atoms with Crippen LogP contribution in [0.2, 0.25) is 5.02 Å². The molecule has 0 aliphatic carbocycles. The van der Waals surface area contributed by atoms with Crippen molar-refractivity contribution in [1.82, 2.24) is 0 Å². The molecule has 0 aliphatic heterocycles. The van der Waals surface area contributed by atoms with Crippen LogP contribution in [0.15, 0.2) is 16.6 Å². The van der Waals surface area contributed by atoms with Crippen LogP contribution in [-0.4, -0.2) is 14.7 Å². The number of nitrogens with zero attached hydrogens (tertiary/aromatic N) is 1. The van der Waals surface area contributed by atoms with Crippen molar-refractivity contribution in [3.63, 3.8) is 0 Å². The molecule has 0 bridgehead atoms. The number of sulfonamides is 1. The molecule has 0 saturated carbocycles. The average molecular weight is 324 g/mol. The van der Waals surface area contributed by atoms with Crippen molar-refractivity contribution in [2.45, 2.75) is 6.42 Å². The summed E-state index contributed by atoms with van der Waals surface area (Å²) in [5, 5.41) is 8.81. The maximum Gasteiger partial charge on any atom is 0.229 e. The molecule has 7 heteroatoms. The molecular weight excluding hydrogens is 316 g/mol. The van der Waals surface area contributed by atoms with E-state index in [1.54, 1.807) is 6.07 Å². The maximum atomic E-state index is 11.0. The molecule has 0 saturated heterocycles. The van der Waals surface area contributed by atoms with Crippen LogP contribution in [0.4, 0.5) is 5.69 Å². The van der Waals surface area contributed by atoms with Gasteiger partial charge >= 0.3 is 0 Å². The number of hydrogen-bond acceptors (Lipinski definition) is 3. The Kier molecular flexibility index (Phi) is 4.19. The zero-order valence-electron chi connectivity index (χ0n) is 8.29. The minimum Gasteiger partial charge on any atom is -0.282 e. The van der Waals surface area contributed by atoms with E-state index in [1.807, 2.05) is 6.07 Å². The summed E-state index contributed by atoms with van der Waals surface area (Å²) in [6.07, 6.45) is 1.25. The molecule has 1 aromatic rings. The lowest BCUT2D eigenvalue weighted by Gasteiger charge is -2.09. The van der Waals surface area contributed by atoms with Gasteiger partial charge in [-0.3, -0.25) is 4.72 Å². The maximum absolute atomic E-state index is 11.0. The number of hydrogen-bond donors (Lipinski definition) is 1. The smallest absolute Gasteiger partial charge is 0.229 e. The Morgan fingerprint density at radius 1 is 1.56 bits per heavy atom. The van der Waals surface area contributed by atoms with Gasteiger partial charge in [0.05, 0.1) is 29.5 Å². The summed E-state index contributed by atoms with van der Waals surface area (Å²) in [5.74, 6) is 0. The SMILES string of the molecule is CS(=O)(=O)Nc1ccc(CC#N)c(Br)c1Cl. The molecule has 16 heavy (non-hydrogen) atoms. The second-order valence-electron chi connectivity index (χ2n) is 3.11. The molecular formula is C9H8BrClN2O2S. The molecule has 0 atom stereocenters. The minimum atomic E-state index is -3.36. The summed E-state index contributed by atoms with van der Waals surface area (Å²) >= 11 is 9.18. The number of nitrogens with one attached hydrogen (secondary N) is 1. The van der Waals surface area contributed by atoms with E-state index in [1.165, 1.54) is 6.07 Å². The first-order valence-electron chi connectivity index (χ1n) is 4.17. The molecule has 0 amide bonds. The van der Waals surface area contributed by atoms with Crippen LogP contribution in [0.3, 0.4) is 0 Å². The fourth-order valence-corrected chi connectivity index (χ4v) is 2.43. The highest BCUT2D eigenvalue weighted by Crippen LogP contribution is 2.33. The topological polar surface area (TPSA) is 70.0 Å². The van der Waals surface area contributed by atoms with Gasteiger partial charge in [0, 0.05) is 4.47 Å². The number of halogens is 2. The van der Waals surface area contributed by atoms with E-state index >= 15 is 0 Å². The van der Waals surface area contributed by atoms with Gasteiger partial charge in [0.25, 0.3) is 0 Å². The Hall–Kier alpha value is -0.770. The molecule has 0 unspecified atom stereocenters. The van der Waals surface area contributed by atoms with Crippen molar-refractivity contribution in [1.29, 1.82) is 5.26 Å². The normalized spacial score (nSPS) is 10.9. The third kappa shape index (κ3) is 3.37. The minimum absolute atomic E-state index is 0.208. The van der Waals surface area contributed by atoms with Crippen molar-refractivity contribution in [2.75, 3.05) is 11.0 Å². The Balaban J connectivity index is 3.18. The largest absolute Gasteiger partial charge is 0.282 e. The van der Waals surface area contributed by atoms with Gasteiger partial charge in [0.1, 0.15) is 0 Å². The Morgan fingerprint density at radius 2 is 2.19 bits per heavy atom. The van der Waals surface area contributed by atoms with E-state index in [4.69, 9.17) is 16.9 Å². The number of anilines is 1. The highest BCUT2D eigenvalue weighted by Gasteiger charge is 2.12. The summed E-state index contributed by atoms with van der Waals surface area (Å²) in [6, 6.07) is 5.17. The van der Waals surface area contributed by atoms with Crippen molar-refractivity contribution in [3.8, 4) is 6.07 Å². The third-order valence-electron chi connectivity index (χ3n) is 1.73. The number of benzene rings is 1. The van der Waals surface area contributed by atoms with E-state index < -0.39 is 10.0 Å². The molecule has 0 aliphatic rings. The predicted octanol–water partition coefficient (Wildman–Crippen LogP) is 2.54. The van der Waals surface area contributed by atoms with Gasteiger partial charge in [0.2, 0.25) is 10.0 Å². The van der Waals surface area contributed by atoms with Crippen LogP contribution in [0.25, 0.3) is 0 Å². The quantitative estimate of drug-likeness (QED) is 0.929. The van der Waals surface area contributed by atoms with E-state index in [2.05, 4.69) is 20.7 Å². The Bertz CT molecular complexity index is 551. The van der Waals surface area contributed by atoms with Crippen LogP contribution in [0, 0.1) is 11.3 Å². The lowest BCUT2D eigenvalue weighted by Crippen LogP contribution is -2.10. The van der Waals surface area contributed by atoms with Gasteiger partial charge in [-0.25, -0.2) is 8.42 Å². The van der Waals surface area contributed by atoms with E-state index in [0.29, 0.717) is 10.0 Å². The summed E-state index contributed by atoms with van der Waals surface area (Å²) in [4.78, 5) is 0. The van der Waals surface area contributed by atoms with Gasteiger partial charge in [-0.2, -0.15) is 5.26 Å². The molecule has 1 rings (SSSR count). The van der Waals surface area contributed by atoms with E-state index in [9.17, 15) is 8.42 Å². The van der Waals surface area contributed by atoms with E-state index in [0.717, 1.165) is 6.26 Å². The molecule has 0 radical (unpaired) electrons. The predicted molar refractivity (Wildman–Crippen MR) is 66.9 cm³/mol. The standard InChI is InChI=1S/C9H8BrClN2O2S/c1-16(14,15)13-7-3-2-6(4-5-12)8(10)9(7)11/h2-3,13H,4H2,1H3. The first-order chi connectivity index (χ1) is 7.35. The Morgan fingerprint density at radius 3 is 2.69 bits per heavy atom. The summed E-state index contributed by atoms with van der Waals surface area (Å²) in [6.45, 7) is 0. The van der Waals surface area contributed by atoms with Gasteiger partial charge in [-0.1, -0.05) is 17.7 Å². The first kappa shape index (κ1) is 13.3. The molecule has 4 nitrogen and oxygen atoms in total. The lowest BCUT2D eigenvalue weighted by molar-refractivity contribution is 0.607. The fraction of sp³-hybridized carbons (Fsp3) is 0.222. The second-order valence-corrected chi connectivity index (χ2v) is 6.03. The Labute approximate surface area is 107 Å². The zero-order chi connectivity index (χ0) is 12.3. The number of rotatable bonds is 3. The van der Waals surface area contributed by atoms with E-state index in [-0.39, 0.29) is 17.1 Å². The average Bonchev–Trinajstić information content (AvgIpc) is 2.16. The highest BCUT2D eigenvalue weighted by atomic mass is 79.9. The van der Waals surface area contributed by atoms with Gasteiger partial charge < -0.3 is 0 Å². The van der Waals surface area contributed by atoms with Crippen LogP contribution < -0.4 is 4.72 Å². The third-order valence-corrected chi connectivity index (χ3v) is 3.84. The van der Waals surface area contributed by atoms with Crippen LogP contribution in [-0.2, 0) is 16.4 Å². The summed E-state index contributed by atoms with van der Waals surface area (Å²) in [7, 11) is -3.36. The second kappa shape index (κ2) is 5.04. The van der Waals surface area contributed by atoms with Crippen molar-refractivity contribution < 1.29 is 8.42 Å².